The van der Waals surface area contributed by atoms with Crippen molar-refractivity contribution in [2.45, 2.75) is 51.2 Å². The predicted molar refractivity (Wildman–Crippen MR) is 135 cm³/mol. The molecule has 3 aromatic rings. The first-order valence-corrected chi connectivity index (χ1v) is 12.2. The summed E-state index contributed by atoms with van der Waals surface area (Å²) in [5.41, 5.74) is -1.87. The van der Waals surface area contributed by atoms with Crippen molar-refractivity contribution < 1.29 is 27.1 Å². The first-order chi connectivity index (χ1) is 17.5. The monoisotopic (exact) mass is 532 g/mol. The maximum absolute atomic E-state index is 15.2. The number of nitrogens with one attached hydrogen (secondary N) is 3. The van der Waals surface area contributed by atoms with Crippen LogP contribution in [0.5, 0.6) is 0 Å². The molecule has 1 amide bonds. The molecule has 11 heteroatoms. The molecule has 0 radical (unpaired) electrons. The third-order valence-electron chi connectivity index (χ3n) is 5.35. The molecular weight excluding hydrogens is 508 g/mol. The minimum absolute atomic E-state index is 0.0424. The standard InChI is InChI=1S/C24H18F4N4O2S.C2H6/c1-2-23(9-10-23)32-19(33)11-17(29)34-18(30)12-20-31-16-8-7-14(21(25)22(16)35-20)13-5-3-4-6-15(13)24(26,27)28;1-2/h1,3-8,29-30H,9-12H2,(H,32,33);1-2H3. The van der Waals surface area contributed by atoms with E-state index in [2.05, 4.69) is 16.2 Å². The van der Waals surface area contributed by atoms with Gasteiger partial charge in [0.25, 0.3) is 0 Å². The number of aromatic nitrogens is 1. The first-order valence-electron chi connectivity index (χ1n) is 11.4. The number of halogens is 4. The van der Waals surface area contributed by atoms with Gasteiger partial charge in [-0.25, -0.2) is 9.37 Å². The molecule has 2 aromatic carbocycles. The molecule has 3 N–H and O–H groups in total. The highest BCUT2D eigenvalue weighted by Crippen LogP contribution is 2.40. The molecule has 4 rings (SSSR count). The molecule has 0 atom stereocenters. The van der Waals surface area contributed by atoms with Crippen LogP contribution in [0.15, 0.2) is 36.4 Å². The van der Waals surface area contributed by atoms with Crippen molar-refractivity contribution in [2.24, 2.45) is 0 Å². The van der Waals surface area contributed by atoms with Gasteiger partial charge in [-0.2, -0.15) is 13.2 Å². The van der Waals surface area contributed by atoms with E-state index in [4.69, 9.17) is 22.0 Å². The molecule has 0 aliphatic heterocycles. The average Bonchev–Trinajstić information content (AvgIpc) is 3.49. The maximum Gasteiger partial charge on any atom is 0.417 e. The molecule has 0 bridgehead atoms. The van der Waals surface area contributed by atoms with E-state index in [-0.39, 0.29) is 38.7 Å². The van der Waals surface area contributed by atoms with Crippen LogP contribution in [-0.4, -0.2) is 28.2 Å². The Bertz CT molecular complexity index is 1390. The van der Waals surface area contributed by atoms with Gasteiger partial charge in [-0.15, -0.1) is 17.8 Å². The van der Waals surface area contributed by atoms with Crippen LogP contribution in [0.25, 0.3) is 21.3 Å². The third kappa shape index (κ3) is 6.51. The summed E-state index contributed by atoms with van der Waals surface area (Å²) in [5, 5.41) is 18.7. The number of ether oxygens (including phenoxy) is 1. The minimum Gasteiger partial charge on any atom is -0.429 e. The van der Waals surface area contributed by atoms with Crippen LogP contribution >= 0.6 is 11.3 Å². The van der Waals surface area contributed by atoms with Gasteiger partial charge in [-0.05, 0) is 36.6 Å². The molecular formula is C26H24F4N4O2S. The van der Waals surface area contributed by atoms with Crippen molar-refractivity contribution in [1.29, 1.82) is 10.8 Å². The number of terminal acetylenes is 1. The number of thiazole rings is 1. The van der Waals surface area contributed by atoms with Crippen molar-refractivity contribution in [3.63, 3.8) is 0 Å². The Balaban J connectivity index is 0.00000186. The van der Waals surface area contributed by atoms with Crippen LogP contribution in [0.1, 0.15) is 43.7 Å². The van der Waals surface area contributed by atoms with Crippen LogP contribution in [-0.2, 0) is 22.1 Å². The molecule has 1 saturated carbocycles. The van der Waals surface area contributed by atoms with Crippen LogP contribution < -0.4 is 5.32 Å². The van der Waals surface area contributed by atoms with E-state index >= 15 is 4.39 Å². The number of hydrogen-bond donors (Lipinski definition) is 3. The van der Waals surface area contributed by atoms with Gasteiger partial charge in [0.05, 0.1) is 22.2 Å². The predicted octanol–water partition coefficient (Wildman–Crippen LogP) is 6.33. The number of carbonyl (C=O) groups is 1. The summed E-state index contributed by atoms with van der Waals surface area (Å²) in [6, 6.07) is 7.38. The normalized spacial score (nSPS) is 13.6. The second-order valence-electron chi connectivity index (χ2n) is 8.00. The highest BCUT2D eigenvalue weighted by atomic mass is 32.1. The Hall–Kier alpha value is -3.78. The molecule has 0 unspecified atom stereocenters. The van der Waals surface area contributed by atoms with Gasteiger partial charge in [0.1, 0.15) is 22.8 Å². The summed E-state index contributed by atoms with van der Waals surface area (Å²) in [6.45, 7) is 4.00. The number of amides is 1. The SMILES string of the molecule is C#CC1(NC(=O)CC(=N)OC(=N)Cc2nc3ccc(-c4ccccc4C(F)(F)F)c(F)c3s2)CC1.CC. The number of nitrogens with zero attached hydrogens (tertiary/aromatic N) is 1. The van der Waals surface area contributed by atoms with E-state index < -0.39 is 41.3 Å². The Morgan fingerprint density at radius 2 is 1.84 bits per heavy atom. The van der Waals surface area contributed by atoms with E-state index in [1.54, 1.807) is 0 Å². The second-order valence-corrected chi connectivity index (χ2v) is 9.09. The molecule has 6 nitrogen and oxygen atoms in total. The average molecular weight is 533 g/mol. The van der Waals surface area contributed by atoms with Crippen LogP contribution in [0.3, 0.4) is 0 Å². The summed E-state index contributed by atoms with van der Waals surface area (Å²) in [7, 11) is 0. The van der Waals surface area contributed by atoms with Gasteiger partial charge < -0.3 is 10.1 Å². The first kappa shape index (κ1) is 27.8. The van der Waals surface area contributed by atoms with E-state index in [1.807, 2.05) is 13.8 Å². The number of fused-ring (bicyclic) bond motifs is 1. The summed E-state index contributed by atoms with van der Waals surface area (Å²) >= 11 is 0.874. The molecule has 1 aliphatic carbocycles. The van der Waals surface area contributed by atoms with Gasteiger partial charge >= 0.3 is 6.18 Å². The number of rotatable bonds is 6. The van der Waals surface area contributed by atoms with Gasteiger partial charge in [0, 0.05) is 5.56 Å². The molecule has 0 saturated heterocycles. The number of carbonyl (C=O) groups excluding carboxylic acids is 1. The van der Waals surface area contributed by atoms with Gasteiger partial charge in [-0.3, -0.25) is 15.6 Å². The zero-order valence-corrected chi connectivity index (χ0v) is 20.9. The molecule has 194 valence electrons. The van der Waals surface area contributed by atoms with E-state index in [1.165, 1.54) is 30.3 Å². The van der Waals surface area contributed by atoms with Crippen molar-refractivity contribution in [1.82, 2.24) is 10.3 Å². The fourth-order valence-corrected chi connectivity index (χ4v) is 4.50. The maximum atomic E-state index is 15.2. The lowest BCUT2D eigenvalue weighted by Crippen LogP contribution is -2.37. The molecule has 1 heterocycles. The van der Waals surface area contributed by atoms with Crippen LogP contribution in [0.2, 0.25) is 0 Å². The zero-order valence-electron chi connectivity index (χ0n) is 20.1. The Morgan fingerprint density at radius 1 is 1.16 bits per heavy atom. The number of benzene rings is 2. The molecule has 0 spiro atoms. The van der Waals surface area contributed by atoms with Crippen molar-refractivity contribution >= 4 is 39.3 Å². The topological polar surface area (TPSA) is 98.9 Å². The lowest BCUT2D eigenvalue weighted by atomic mass is 9.98. The second kappa shape index (κ2) is 11.1. The Kier molecular flexibility index (Phi) is 8.33. The summed E-state index contributed by atoms with van der Waals surface area (Å²) in [4.78, 5) is 16.2. The molecule has 1 aromatic heterocycles. The summed E-state index contributed by atoms with van der Waals surface area (Å²) in [6.07, 6.45) is 1.45. The lowest BCUT2D eigenvalue weighted by Gasteiger charge is -2.13. The Morgan fingerprint density at radius 3 is 2.46 bits per heavy atom. The molecule has 1 fully saturated rings. The lowest BCUT2D eigenvalue weighted by molar-refractivity contribution is -0.137. The smallest absolute Gasteiger partial charge is 0.417 e. The zero-order chi connectivity index (χ0) is 27.4. The van der Waals surface area contributed by atoms with E-state index in [0.717, 1.165) is 17.4 Å². The summed E-state index contributed by atoms with van der Waals surface area (Å²) < 4.78 is 60.5. The van der Waals surface area contributed by atoms with Gasteiger partial charge in [0.2, 0.25) is 5.91 Å². The van der Waals surface area contributed by atoms with Crippen LogP contribution in [0.4, 0.5) is 17.6 Å². The van der Waals surface area contributed by atoms with Gasteiger partial charge in [-0.1, -0.05) is 38.0 Å². The van der Waals surface area contributed by atoms with Crippen molar-refractivity contribution in [2.75, 3.05) is 0 Å². The Labute approximate surface area is 215 Å². The highest BCUT2D eigenvalue weighted by molar-refractivity contribution is 7.18. The fourth-order valence-electron chi connectivity index (χ4n) is 3.50. The molecule has 1 aliphatic rings. The van der Waals surface area contributed by atoms with E-state index in [0.29, 0.717) is 12.8 Å². The highest BCUT2D eigenvalue weighted by Gasteiger charge is 2.42. The largest absolute Gasteiger partial charge is 0.429 e. The quantitative estimate of drug-likeness (QED) is 0.150. The summed E-state index contributed by atoms with van der Waals surface area (Å²) in [5.74, 6) is 0.309. The van der Waals surface area contributed by atoms with Crippen molar-refractivity contribution in [3.8, 4) is 23.5 Å². The fraction of sp³-hybridized carbons (Fsp3) is 0.308. The van der Waals surface area contributed by atoms with Crippen molar-refractivity contribution in [3.05, 3.63) is 52.8 Å². The van der Waals surface area contributed by atoms with Gasteiger partial charge in [0.15, 0.2) is 11.8 Å². The third-order valence-corrected chi connectivity index (χ3v) is 6.41. The number of hydrogen-bond acceptors (Lipinski definition) is 6. The van der Waals surface area contributed by atoms with Crippen LogP contribution in [0, 0.1) is 29.0 Å². The minimum atomic E-state index is -4.65. The molecule has 37 heavy (non-hydrogen) atoms. The van der Waals surface area contributed by atoms with E-state index in [9.17, 15) is 18.0 Å². The number of alkyl halides is 3.